The van der Waals surface area contributed by atoms with Crippen molar-refractivity contribution < 1.29 is 14.0 Å². The Balaban J connectivity index is 1.48. The van der Waals surface area contributed by atoms with Crippen LogP contribution in [0.5, 0.6) is 0 Å². The fraction of sp³-hybridized carbons (Fsp3) is 0.273. The molecule has 4 rings (SSSR count). The SMILES string of the molecule is O=C(NC(c1ccc(F)cc1)c1cccs1)C1CCCN(C(=O)c2cccs2)C1. The molecule has 1 fully saturated rings. The zero-order chi connectivity index (χ0) is 20.2. The fourth-order valence-corrected chi connectivity index (χ4v) is 5.11. The first kappa shape index (κ1) is 19.8. The highest BCUT2D eigenvalue weighted by Gasteiger charge is 2.31. The Morgan fingerprint density at radius 2 is 1.83 bits per heavy atom. The third-order valence-corrected chi connectivity index (χ3v) is 6.92. The summed E-state index contributed by atoms with van der Waals surface area (Å²) >= 11 is 2.97. The molecule has 0 saturated carbocycles. The molecule has 0 bridgehead atoms. The number of hydrogen-bond acceptors (Lipinski definition) is 4. The topological polar surface area (TPSA) is 49.4 Å². The van der Waals surface area contributed by atoms with Crippen LogP contribution in [0, 0.1) is 11.7 Å². The molecule has 4 nitrogen and oxygen atoms in total. The van der Waals surface area contributed by atoms with Crippen LogP contribution in [-0.4, -0.2) is 29.8 Å². The lowest BCUT2D eigenvalue weighted by atomic mass is 9.95. The molecule has 0 radical (unpaired) electrons. The molecule has 0 aliphatic carbocycles. The third kappa shape index (κ3) is 4.57. The molecule has 1 aromatic carbocycles. The zero-order valence-electron chi connectivity index (χ0n) is 15.7. The predicted octanol–water partition coefficient (Wildman–Crippen LogP) is 4.71. The van der Waals surface area contributed by atoms with E-state index in [2.05, 4.69) is 5.32 Å². The van der Waals surface area contributed by atoms with Crippen molar-refractivity contribution in [2.45, 2.75) is 18.9 Å². The molecule has 0 spiro atoms. The maximum atomic E-state index is 13.4. The lowest BCUT2D eigenvalue weighted by Crippen LogP contribution is -2.46. The van der Waals surface area contributed by atoms with Crippen molar-refractivity contribution in [3.05, 3.63) is 80.4 Å². The number of piperidine rings is 1. The van der Waals surface area contributed by atoms with Gasteiger partial charge in [0.15, 0.2) is 0 Å². The van der Waals surface area contributed by atoms with Crippen LogP contribution in [0.2, 0.25) is 0 Å². The molecule has 1 N–H and O–H groups in total. The van der Waals surface area contributed by atoms with E-state index in [4.69, 9.17) is 0 Å². The van der Waals surface area contributed by atoms with Crippen LogP contribution in [0.1, 0.15) is 39.0 Å². The van der Waals surface area contributed by atoms with Crippen LogP contribution in [-0.2, 0) is 4.79 Å². The summed E-state index contributed by atoms with van der Waals surface area (Å²) in [5, 5.41) is 6.98. The Morgan fingerprint density at radius 1 is 1.07 bits per heavy atom. The number of halogens is 1. The number of hydrogen-bond donors (Lipinski definition) is 1. The summed E-state index contributed by atoms with van der Waals surface area (Å²) in [6.07, 6.45) is 1.55. The van der Waals surface area contributed by atoms with Gasteiger partial charge >= 0.3 is 0 Å². The van der Waals surface area contributed by atoms with Crippen LogP contribution in [0.25, 0.3) is 0 Å². The van der Waals surface area contributed by atoms with E-state index in [0.29, 0.717) is 18.0 Å². The Morgan fingerprint density at radius 3 is 2.52 bits per heavy atom. The smallest absolute Gasteiger partial charge is 0.263 e. The number of nitrogens with zero attached hydrogens (tertiary/aromatic N) is 1. The summed E-state index contributed by atoms with van der Waals surface area (Å²) in [5.74, 6) is -0.641. The molecule has 3 heterocycles. The Kier molecular flexibility index (Phi) is 6.06. The van der Waals surface area contributed by atoms with E-state index in [9.17, 15) is 14.0 Å². The Bertz CT molecular complexity index is 955. The maximum Gasteiger partial charge on any atom is 0.263 e. The summed E-state index contributed by atoms with van der Waals surface area (Å²) in [6, 6.07) is 13.5. The van der Waals surface area contributed by atoms with E-state index in [1.807, 2.05) is 35.0 Å². The van der Waals surface area contributed by atoms with Crippen molar-refractivity contribution in [2.75, 3.05) is 13.1 Å². The number of carbonyl (C=O) groups excluding carboxylic acids is 2. The minimum Gasteiger partial charge on any atom is -0.344 e. The van der Waals surface area contributed by atoms with Crippen LogP contribution >= 0.6 is 22.7 Å². The van der Waals surface area contributed by atoms with E-state index in [1.165, 1.54) is 23.5 Å². The highest BCUT2D eigenvalue weighted by molar-refractivity contribution is 7.12. The molecule has 2 atom stereocenters. The zero-order valence-corrected chi connectivity index (χ0v) is 17.3. The third-order valence-electron chi connectivity index (χ3n) is 5.13. The van der Waals surface area contributed by atoms with Crippen molar-refractivity contribution >= 4 is 34.5 Å². The van der Waals surface area contributed by atoms with Gasteiger partial charge in [0.05, 0.1) is 16.8 Å². The highest BCUT2D eigenvalue weighted by atomic mass is 32.1. The van der Waals surface area contributed by atoms with Gasteiger partial charge in [-0.15, -0.1) is 22.7 Å². The van der Waals surface area contributed by atoms with Gasteiger partial charge in [-0.2, -0.15) is 0 Å². The van der Waals surface area contributed by atoms with E-state index in [1.54, 1.807) is 28.4 Å². The van der Waals surface area contributed by atoms with Crippen molar-refractivity contribution in [1.82, 2.24) is 10.2 Å². The van der Waals surface area contributed by atoms with Crippen molar-refractivity contribution in [3.8, 4) is 0 Å². The minimum absolute atomic E-state index is 0.00848. The average molecular weight is 429 g/mol. The Hall–Kier alpha value is -2.51. The quantitative estimate of drug-likeness (QED) is 0.640. The van der Waals surface area contributed by atoms with Gasteiger partial charge in [-0.3, -0.25) is 9.59 Å². The molecule has 1 aliphatic heterocycles. The van der Waals surface area contributed by atoms with E-state index < -0.39 is 0 Å². The monoisotopic (exact) mass is 428 g/mol. The van der Waals surface area contributed by atoms with Crippen molar-refractivity contribution in [2.24, 2.45) is 5.92 Å². The first-order chi connectivity index (χ1) is 14.1. The molecule has 3 aromatic rings. The largest absolute Gasteiger partial charge is 0.344 e. The van der Waals surface area contributed by atoms with Gasteiger partial charge < -0.3 is 10.2 Å². The molecule has 2 unspecified atom stereocenters. The number of amides is 2. The number of nitrogens with one attached hydrogen (secondary N) is 1. The lowest BCUT2D eigenvalue weighted by molar-refractivity contribution is -0.126. The summed E-state index contributed by atoms with van der Waals surface area (Å²) in [4.78, 5) is 29.2. The first-order valence-corrected chi connectivity index (χ1v) is 11.3. The van der Waals surface area contributed by atoms with Crippen LogP contribution in [0.15, 0.2) is 59.3 Å². The second-order valence-corrected chi connectivity index (χ2v) is 9.00. The summed E-state index contributed by atoms with van der Waals surface area (Å²) < 4.78 is 13.4. The first-order valence-electron chi connectivity index (χ1n) is 9.54. The van der Waals surface area contributed by atoms with Crippen LogP contribution in [0.4, 0.5) is 4.39 Å². The Labute approximate surface area is 177 Å². The van der Waals surface area contributed by atoms with Crippen molar-refractivity contribution in [1.29, 1.82) is 0 Å². The molecular formula is C22H21FN2O2S2. The normalized spacial score (nSPS) is 17.7. The van der Waals surface area contributed by atoms with Gasteiger partial charge in [0.2, 0.25) is 5.91 Å². The maximum absolute atomic E-state index is 13.4. The van der Waals surface area contributed by atoms with Gasteiger partial charge in [0.25, 0.3) is 5.91 Å². The molecule has 2 aromatic heterocycles. The second kappa shape index (κ2) is 8.88. The van der Waals surface area contributed by atoms with Gasteiger partial charge in [-0.1, -0.05) is 24.3 Å². The van der Waals surface area contributed by atoms with E-state index in [0.717, 1.165) is 23.3 Å². The molecule has 150 valence electrons. The summed E-state index contributed by atoms with van der Waals surface area (Å²) in [7, 11) is 0. The number of rotatable bonds is 5. The number of benzene rings is 1. The number of carbonyl (C=O) groups is 2. The van der Waals surface area contributed by atoms with Crippen LogP contribution in [0.3, 0.4) is 0 Å². The second-order valence-electron chi connectivity index (χ2n) is 7.08. The highest BCUT2D eigenvalue weighted by Crippen LogP contribution is 2.28. The summed E-state index contributed by atoms with van der Waals surface area (Å²) in [5.41, 5.74) is 0.838. The minimum atomic E-state index is -0.327. The van der Waals surface area contributed by atoms with Crippen LogP contribution < -0.4 is 5.32 Å². The van der Waals surface area contributed by atoms with Crippen molar-refractivity contribution in [3.63, 3.8) is 0 Å². The van der Waals surface area contributed by atoms with Gasteiger partial charge in [0.1, 0.15) is 5.82 Å². The van der Waals surface area contributed by atoms with Gasteiger partial charge in [-0.05, 0) is 53.4 Å². The lowest BCUT2D eigenvalue weighted by Gasteiger charge is -2.32. The molecule has 1 saturated heterocycles. The molecule has 1 aliphatic rings. The standard InChI is InChI=1S/C22H21FN2O2S2/c23-17-9-7-15(8-10-17)20(18-5-2-12-28-18)24-21(26)16-4-1-11-25(14-16)22(27)19-6-3-13-29-19/h2-3,5-10,12-13,16,20H,1,4,11,14H2,(H,24,26). The van der Waals surface area contributed by atoms with Gasteiger partial charge in [-0.25, -0.2) is 4.39 Å². The predicted molar refractivity (Wildman–Crippen MR) is 114 cm³/mol. The number of thiophene rings is 2. The fourth-order valence-electron chi connectivity index (χ4n) is 3.62. The molecular weight excluding hydrogens is 407 g/mol. The van der Waals surface area contributed by atoms with E-state index >= 15 is 0 Å². The molecule has 29 heavy (non-hydrogen) atoms. The molecule has 7 heteroatoms. The molecule has 2 amide bonds. The van der Waals surface area contributed by atoms with Gasteiger partial charge in [0, 0.05) is 18.0 Å². The number of likely N-dealkylation sites (tertiary alicyclic amines) is 1. The summed E-state index contributed by atoms with van der Waals surface area (Å²) in [6.45, 7) is 1.09. The average Bonchev–Trinajstić information content (AvgIpc) is 3.46. The van der Waals surface area contributed by atoms with E-state index in [-0.39, 0.29) is 29.6 Å².